The summed E-state index contributed by atoms with van der Waals surface area (Å²) in [5.41, 5.74) is 9.00. The number of halogens is 1. The maximum Gasteiger partial charge on any atom is 0.0721 e. The highest BCUT2D eigenvalue weighted by molar-refractivity contribution is 9.10. The maximum atomic E-state index is 5.79. The first-order valence-electron chi connectivity index (χ1n) is 6.31. The minimum Gasteiger partial charge on any atom is -0.271 e. The molecular formula is C16H19BrN2. The van der Waals surface area contributed by atoms with Gasteiger partial charge in [-0.05, 0) is 38.0 Å². The lowest BCUT2D eigenvalue weighted by Gasteiger charge is -2.20. The summed E-state index contributed by atoms with van der Waals surface area (Å²) in [6.45, 7) is 6.30. The Kier molecular flexibility index (Phi) is 4.40. The number of rotatable bonds is 3. The second kappa shape index (κ2) is 5.87. The van der Waals surface area contributed by atoms with Gasteiger partial charge in [0.2, 0.25) is 0 Å². The Morgan fingerprint density at radius 3 is 2.16 bits per heavy atom. The van der Waals surface area contributed by atoms with Crippen molar-refractivity contribution in [1.82, 2.24) is 5.43 Å². The number of hydrazine groups is 1. The molecule has 2 aromatic carbocycles. The number of nitrogens with one attached hydrogen (secondary N) is 1. The summed E-state index contributed by atoms with van der Waals surface area (Å²) in [5, 5.41) is 0. The molecule has 0 aliphatic carbocycles. The van der Waals surface area contributed by atoms with E-state index in [4.69, 9.17) is 5.84 Å². The van der Waals surface area contributed by atoms with E-state index in [-0.39, 0.29) is 6.04 Å². The van der Waals surface area contributed by atoms with Gasteiger partial charge in [0.25, 0.3) is 0 Å². The van der Waals surface area contributed by atoms with Crippen molar-refractivity contribution in [1.29, 1.82) is 0 Å². The molecule has 0 spiro atoms. The highest BCUT2D eigenvalue weighted by atomic mass is 79.9. The molecule has 0 aliphatic heterocycles. The van der Waals surface area contributed by atoms with Crippen molar-refractivity contribution in [3.05, 3.63) is 68.7 Å². The topological polar surface area (TPSA) is 38.0 Å². The van der Waals surface area contributed by atoms with Gasteiger partial charge >= 0.3 is 0 Å². The first kappa shape index (κ1) is 14.3. The third kappa shape index (κ3) is 3.24. The van der Waals surface area contributed by atoms with Crippen LogP contribution in [0.3, 0.4) is 0 Å². The molecule has 2 nitrogen and oxygen atoms in total. The number of aryl methyl sites for hydroxylation is 3. The summed E-state index contributed by atoms with van der Waals surface area (Å²) in [6, 6.07) is 12.8. The van der Waals surface area contributed by atoms with Gasteiger partial charge in [0.1, 0.15) is 0 Å². The van der Waals surface area contributed by atoms with Crippen LogP contribution >= 0.6 is 15.9 Å². The Hall–Kier alpha value is -1.16. The highest BCUT2D eigenvalue weighted by Gasteiger charge is 2.16. The highest BCUT2D eigenvalue weighted by Crippen LogP contribution is 2.30. The molecule has 100 valence electrons. The van der Waals surface area contributed by atoms with Gasteiger partial charge in [-0.3, -0.25) is 5.84 Å². The van der Waals surface area contributed by atoms with Gasteiger partial charge in [-0.1, -0.05) is 63.0 Å². The summed E-state index contributed by atoms with van der Waals surface area (Å²) in [7, 11) is 0. The van der Waals surface area contributed by atoms with Gasteiger partial charge in [-0.15, -0.1) is 0 Å². The first-order chi connectivity index (χ1) is 9.01. The van der Waals surface area contributed by atoms with Crippen molar-refractivity contribution in [3.63, 3.8) is 0 Å². The van der Waals surface area contributed by atoms with Crippen LogP contribution < -0.4 is 11.3 Å². The molecule has 0 aromatic heterocycles. The van der Waals surface area contributed by atoms with Gasteiger partial charge in [0.05, 0.1) is 6.04 Å². The lowest BCUT2D eigenvalue weighted by Crippen LogP contribution is -2.29. The Balaban J connectivity index is 2.52. The molecule has 0 saturated heterocycles. The van der Waals surface area contributed by atoms with Crippen LogP contribution in [0.2, 0.25) is 0 Å². The average Bonchev–Trinajstić information content (AvgIpc) is 2.33. The van der Waals surface area contributed by atoms with Crippen LogP contribution in [0.4, 0.5) is 0 Å². The number of nitrogens with two attached hydrogens (primary N) is 1. The zero-order chi connectivity index (χ0) is 14.0. The molecule has 0 bridgehead atoms. The fourth-order valence-electron chi connectivity index (χ4n) is 2.43. The lowest BCUT2D eigenvalue weighted by atomic mass is 9.95. The lowest BCUT2D eigenvalue weighted by molar-refractivity contribution is 0.633. The zero-order valence-electron chi connectivity index (χ0n) is 11.5. The monoisotopic (exact) mass is 318 g/mol. The summed E-state index contributed by atoms with van der Waals surface area (Å²) in [4.78, 5) is 0. The summed E-state index contributed by atoms with van der Waals surface area (Å²) >= 11 is 3.61. The Morgan fingerprint density at radius 2 is 1.58 bits per heavy atom. The number of hydrogen-bond acceptors (Lipinski definition) is 2. The molecule has 0 radical (unpaired) electrons. The predicted octanol–water partition coefficient (Wildman–Crippen LogP) is 3.93. The van der Waals surface area contributed by atoms with Gasteiger partial charge in [0, 0.05) is 4.47 Å². The van der Waals surface area contributed by atoms with Crippen LogP contribution in [0.1, 0.15) is 33.9 Å². The largest absolute Gasteiger partial charge is 0.271 e. The molecule has 1 unspecified atom stereocenters. The molecule has 2 rings (SSSR count). The van der Waals surface area contributed by atoms with Gasteiger partial charge < -0.3 is 0 Å². The van der Waals surface area contributed by atoms with Crippen LogP contribution in [0.15, 0.2) is 40.9 Å². The Bertz CT molecular complexity index is 573. The summed E-state index contributed by atoms with van der Waals surface area (Å²) in [6.07, 6.45) is 0. The molecular weight excluding hydrogens is 300 g/mol. The molecule has 1 atom stereocenters. The standard InChI is InChI=1S/C16H19BrN2/c1-10-4-5-15(17)14(9-10)16(19-18)13-7-11(2)6-12(3)8-13/h4-9,16,19H,18H2,1-3H3. The number of hydrogen-bond donors (Lipinski definition) is 2. The zero-order valence-corrected chi connectivity index (χ0v) is 13.1. The van der Waals surface area contributed by atoms with Gasteiger partial charge in [-0.25, -0.2) is 5.43 Å². The Labute approximate surface area is 123 Å². The van der Waals surface area contributed by atoms with E-state index in [0.29, 0.717) is 0 Å². The molecule has 2 aromatic rings. The minimum absolute atomic E-state index is 0.00660. The van der Waals surface area contributed by atoms with E-state index in [1.54, 1.807) is 0 Å². The van der Waals surface area contributed by atoms with E-state index in [9.17, 15) is 0 Å². The maximum absolute atomic E-state index is 5.79. The number of benzene rings is 2. The van der Waals surface area contributed by atoms with E-state index >= 15 is 0 Å². The van der Waals surface area contributed by atoms with Crippen LogP contribution in [0.5, 0.6) is 0 Å². The fourth-order valence-corrected chi connectivity index (χ4v) is 2.90. The van der Waals surface area contributed by atoms with E-state index < -0.39 is 0 Å². The molecule has 0 aliphatic rings. The van der Waals surface area contributed by atoms with Crippen molar-refractivity contribution >= 4 is 15.9 Å². The summed E-state index contributed by atoms with van der Waals surface area (Å²) < 4.78 is 1.07. The van der Waals surface area contributed by atoms with E-state index in [0.717, 1.165) is 10.0 Å². The second-order valence-corrected chi connectivity index (χ2v) is 5.90. The molecule has 0 fully saturated rings. The minimum atomic E-state index is -0.00660. The molecule has 0 heterocycles. The third-order valence-corrected chi connectivity index (χ3v) is 3.93. The summed E-state index contributed by atoms with van der Waals surface area (Å²) in [5.74, 6) is 5.79. The molecule has 0 amide bonds. The van der Waals surface area contributed by atoms with Crippen molar-refractivity contribution in [2.24, 2.45) is 5.84 Å². The third-order valence-electron chi connectivity index (χ3n) is 3.21. The van der Waals surface area contributed by atoms with E-state index in [2.05, 4.69) is 78.5 Å². The van der Waals surface area contributed by atoms with E-state index in [1.807, 2.05) is 0 Å². The molecule has 3 N–H and O–H groups in total. The van der Waals surface area contributed by atoms with Crippen molar-refractivity contribution in [3.8, 4) is 0 Å². The van der Waals surface area contributed by atoms with Crippen molar-refractivity contribution in [2.75, 3.05) is 0 Å². The Morgan fingerprint density at radius 1 is 0.947 bits per heavy atom. The SMILES string of the molecule is Cc1cc(C)cc(C(NN)c2cc(C)ccc2Br)c1. The smallest absolute Gasteiger partial charge is 0.0721 e. The average molecular weight is 319 g/mol. The van der Waals surface area contributed by atoms with E-state index in [1.165, 1.54) is 22.3 Å². The van der Waals surface area contributed by atoms with Crippen LogP contribution in [0.25, 0.3) is 0 Å². The molecule has 3 heteroatoms. The van der Waals surface area contributed by atoms with Crippen molar-refractivity contribution < 1.29 is 0 Å². The fraction of sp³-hybridized carbons (Fsp3) is 0.250. The van der Waals surface area contributed by atoms with Gasteiger partial charge in [0.15, 0.2) is 0 Å². The second-order valence-electron chi connectivity index (χ2n) is 5.05. The quantitative estimate of drug-likeness (QED) is 0.664. The normalized spacial score (nSPS) is 12.5. The van der Waals surface area contributed by atoms with Crippen LogP contribution in [-0.4, -0.2) is 0 Å². The predicted molar refractivity (Wildman–Crippen MR) is 84.0 cm³/mol. The molecule has 0 saturated carbocycles. The van der Waals surface area contributed by atoms with Gasteiger partial charge in [-0.2, -0.15) is 0 Å². The van der Waals surface area contributed by atoms with Crippen LogP contribution in [0, 0.1) is 20.8 Å². The van der Waals surface area contributed by atoms with Crippen LogP contribution in [-0.2, 0) is 0 Å². The molecule has 19 heavy (non-hydrogen) atoms. The first-order valence-corrected chi connectivity index (χ1v) is 7.11. The van der Waals surface area contributed by atoms with Crippen molar-refractivity contribution in [2.45, 2.75) is 26.8 Å².